The molecule has 0 unspecified atom stereocenters. The molecule has 0 radical (unpaired) electrons. The minimum Gasteiger partial charge on any atom is -0.376 e. The van der Waals surface area contributed by atoms with E-state index in [2.05, 4.69) is 0 Å². The Bertz CT molecular complexity index is 1100. The lowest BCUT2D eigenvalue weighted by molar-refractivity contribution is -0.258. The summed E-state index contributed by atoms with van der Waals surface area (Å²) in [5, 5.41) is 9.89. The van der Waals surface area contributed by atoms with Crippen molar-refractivity contribution in [3.8, 4) is 0 Å². The number of nitrogens with two attached hydrogens (primary N) is 1. The summed E-state index contributed by atoms with van der Waals surface area (Å²) in [7, 11) is 0. The first kappa shape index (κ1) is 25.2. The Morgan fingerprint density at radius 1 is 0.971 bits per heavy atom. The van der Waals surface area contributed by atoms with Gasteiger partial charge in [-0.2, -0.15) is 13.2 Å². The van der Waals surface area contributed by atoms with E-state index in [9.17, 15) is 32.3 Å². The number of benzene rings is 2. The van der Waals surface area contributed by atoms with Gasteiger partial charge in [0.05, 0.1) is 5.41 Å². The SMILES string of the molecule is C[C@](O)(c1ccc(C(=O)N(C2CC2)C2CCC(C(N)=O)(c3ccccc3F)CC2)cc1)C(F)(F)F. The van der Waals surface area contributed by atoms with Crippen LogP contribution in [0.2, 0.25) is 0 Å². The number of hydrogen-bond donors (Lipinski definition) is 2. The molecule has 188 valence electrons. The molecule has 35 heavy (non-hydrogen) atoms. The number of amides is 2. The van der Waals surface area contributed by atoms with Crippen LogP contribution < -0.4 is 5.73 Å². The number of rotatable bonds is 6. The van der Waals surface area contributed by atoms with Gasteiger partial charge in [0, 0.05) is 23.2 Å². The highest BCUT2D eigenvalue weighted by Crippen LogP contribution is 2.44. The predicted molar refractivity (Wildman–Crippen MR) is 121 cm³/mol. The van der Waals surface area contributed by atoms with Gasteiger partial charge >= 0.3 is 6.18 Å². The van der Waals surface area contributed by atoms with Crippen LogP contribution in [0.25, 0.3) is 0 Å². The van der Waals surface area contributed by atoms with E-state index in [0.717, 1.165) is 25.0 Å². The van der Waals surface area contributed by atoms with Crippen LogP contribution in [0.15, 0.2) is 48.5 Å². The van der Waals surface area contributed by atoms with Crippen LogP contribution in [-0.2, 0) is 15.8 Å². The van der Waals surface area contributed by atoms with E-state index in [0.29, 0.717) is 19.8 Å². The van der Waals surface area contributed by atoms with E-state index in [1.165, 1.54) is 18.2 Å². The molecule has 2 aromatic rings. The van der Waals surface area contributed by atoms with Crippen LogP contribution in [0.3, 0.4) is 0 Å². The topological polar surface area (TPSA) is 83.6 Å². The predicted octanol–water partition coefficient (Wildman–Crippen LogP) is 4.57. The summed E-state index contributed by atoms with van der Waals surface area (Å²) in [5.41, 5.74) is 1.70. The summed E-state index contributed by atoms with van der Waals surface area (Å²) in [6.07, 6.45) is -1.75. The Morgan fingerprint density at radius 2 is 1.51 bits per heavy atom. The average molecular weight is 493 g/mol. The third-order valence-corrected chi connectivity index (χ3v) is 7.48. The smallest absolute Gasteiger partial charge is 0.376 e. The lowest BCUT2D eigenvalue weighted by Gasteiger charge is -2.42. The fourth-order valence-electron chi connectivity index (χ4n) is 5.10. The Labute approximate surface area is 200 Å². The molecular formula is C26H28F4N2O3. The van der Waals surface area contributed by atoms with Gasteiger partial charge in [-0.1, -0.05) is 30.3 Å². The fraction of sp³-hybridized carbons (Fsp3) is 0.462. The standard InChI is InChI=1S/C26H28F4N2O3/c1-24(35,26(28,29)30)17-8-6-16(7-9-17)22(33)32(18-10-11-18)19-12-14-25(15-13-19,23(31)34)20-4-2-3-5-21(20)27/h2-9,18-19,35H,10-15H2,1H3,(H2,31,34)/t19?,24-,25?/m0/s1. The highest BCUT2D eigenvalue weighted by Gasteiger charge is 2.51. The van der Waals surface area contributed by atoms with Crippen molar-refractivity contribution >= 4 is 11.8 Å². The van der Waals surface area contributed by atoms with Gasteiger partial charge in [-0.05, 0) is 69.2 Å². The van der Waals surface area contributed by atoms with Crippen molar-refractivity contribution in [3.63, 3.8) is 0 Å². The molecule has 0 heterocycles. The van der Waals surface area contributed by atoms with Crippen molar-refractivity contribution in [2.24, 2.45) is 5.73 Å². The quantitative estimate of drug-likeness (QED) is 0.580. The van der Waals surface area contributed by atoms with Gasteiger partial charge in [-0.25, -0.2) is 4.39 Å². The van der Waals surface area contributed by atoms with Crippen molar-refractivity contribution in [1.29, 1.82) is 0 Å². The van der Waals surface area contributed by atoms with Crippen molar-refractivity contribution in [1.82, 2.24) is 4.90 Å². The lowest BCUT2D eigenvalue weighted by Crippen LogP contribution is -2.50. The summed E-state index contributed by atoms with van der Waals surface area (Å²) in [6, 6.07) is 10.7. The highest BCUT2D eigenvalue weighted by atomic mass is 19.4. The molecule has 2 saturated carbocycles. The zero-order chi connectivity index (χ0) is 25.6. The second-order valence-electron chi connectivity index (χ2n) is 9.75. The summed E-state index contributed by atoms with van der Waals surface area (Å²) in [4.78, 5) is 27.6. The van der Waals surface area contributed by atoms with Crippen molar-refractivity contribution < 1.29 is 32.3 Å². The molecular weight excluding hydrogens is 464 g/mol. The van der Waals surface area contributed by atoms with Gasteiger partial charge < -0.3 is 15.7 Å². The Balaban J connectivity index is 1.54. The van der Waals surface area contributed by atoms with Gasteiger partial charge in [0.15, 0.2) is 5.60 Å². The summed E-state index contributed by atoms with van der Waals surface area (Å²) in [6.45, 7) is 0.670. The van der Waals surface area contributed by atoms with Crippen molar-refractivity contribution in [2.45, 2.75) is 74.7 Å². The second kappa shape index (κ2) is 8.93. The van der Waals surface area contributed by atoms with Gasteiger partial charge in [-0.15, -0.1) is 0 Å². The molecule has 0 saturated heterocycles. The van der Waals surface area contributed by atoms with Crippen LogP contribution in [0, 0.1) is 5.82 Å². The molecule has 2 aliphatic carbocycles. The first-order valence-electron chi connectivity index (χ1n) is 11.7. The molecule has 1 atom stereocenters. The molecule has 0 aliphatic heterocycles. The van der Waals surface area contributed by atoms with E-state index in [1.54, 1.807) is 23.1 Å². The van der Waals surface area contributed by atoms with Crippen molar-refractivity contribution in [2.75, 3.05) is 0 Å². The molecule has 2 aromatic carbocycles. The molecule has 2 amide bonds. The Morgan fingerprint density at radius 3 is 2.00 bits per heavy atom. The van der Waals surface area contributed by atoms with Gasteiger partial charge in [0.1, 0.15) is 5.82 Å². The van der Waals surface area contributed by atoms with E-state index >= 15 is 0 Å². The molecule has 4 rings (SSSR count). The number of hydrogen-bond acceptors (Lipinski definition) is 3. The number of primary amides is 1. The molecule has 0 bridgehead atoms. The molecule has 2 aliphatic rings. The third kappa shape index (κ3) is 4.53. The van der Waals surface area contributed by atoms with Crippen LogP contribution in [-0.4, -0.2) is 40.1 Å². The normalized spacial score (nSPS) is 24.5. The van der Waals surface area contributed by atoms with E-state index < -0.39 is 28.9 Å². The summed E-state index contributed by atoms with van der Waals surface area (Å²) >= 11 is 0. The molecule has 3 N–H and O–H groups in total. The van der Waals surface area contributed by atoms with E-state index in [-0.39, 0.29) is 47.5 Å². The highest BCUT2D eigenvalue weighted by molar-refractivity contribution is 5.95. The van der Waals surface area contributed by atoms with Gasteiger partial charge in [-0.3, -0.25) is 9.59 Å². The van der Waals surface area contributed by atoms with Gasteiger partial charge in [0.2, 0.25) is 5.91 Å². The van der Waals surface area contributed by atoms with Crippen molar-refractivity contribution in [3.05, 3.63) is 71.0 Å². The first-order chi connectivity index (χ1) is 16.4. The minimum absolute atomic E-state index is 0.0139. The Kier molecular flexibility index (Phi) is 6.42. The number of carbonyl (C=O) groups excluding carboxylic acids is 2. The Hall–Kier alpha value is -2.94. The van der Waals surface area contributed by atoms with Crippen LogP contribution in [0.5, 0.6) is 0 Å². The van der Waals surface area contributed by atoms with E-state index in [1.807, 2.05) is 0 Å². The zero-order valence-electron chi connectivity index (χ0n) is 19.3. The maximum atomic E-state index is 14.6. The number of halogens is 4. The lowest BCUT2D eigenvalue weighted by atomic mass is 9.67. The minimum atomic E-state index is -4.86. The summed E-state index contributed by atoms with van der Waals surface area (Å²) in [5.74, 6) is -1.40. The number of nitrogens with zero attached hydrogens (tertiary/aromatic N) is 1. The number of carbonyl (C=O) groups is 2. The molecule has 2 fully saturated rings. The average Bonchev–Trinajstić information content (AvgIpc) is 3.64. The van der Waals surface area contributed by atoms with Gasteiger partial charge in [0.25, 0.3) is 5.91 Å². The van der Waals surface area contributed by atoms with Crippen LogP contribution in [0.1, 0.15) is 66.9 Å². The van der Waals surface area contributed by atoms with Crippen LogP contribution in [0.4, 0.5) is 17.6 Å². The number of alkyl halides is 3. The van der Waals surface area contributed by atoms with Crippen LogP contribution >= 0.6 is 0 Å². The molecule has 0 spiro atoms. The third-order valence-electron chi connectivity index (χ3n) is 7.48. The first-order valence-corrected chi connectivity index (χ1v) is 11.7. The maximum absolute atomic E-state index is 14.6. The zero-order valence-corrected chi connectivity index (χ0v) is 19.3. The molecule has 9 heteroatoms. The monoisotopic (exact) mass is 492 g/mol. The maximum Gasteiger partial charge on any atom is 0.421 e. The fourth-order valence-corrected chi connectivity index (χ4v) is 5.10. The van der Waals surface area contributed by atoms with E-state index in [4.69, 9.17) is 5.73 Å². The largest absolute Gasteiger partial charge is 0.421 e. The summed E-state index contributed by atoms with van der Waals surface area (Å²) < 4.78 is 54.0. The molecule has 0 aromatic heterocycles. The molecule has 5 nitrogen and oxygen atoms in total. The second-order valence-corrected chi connectivity index (χ2v) is 9.75. The number of aliphatic hydroxyl groups is 1.